The highest BCUT2D eigenvalue weighted by Gasteiger charge is 2.23. The first-order chi connectivity index (χ1) is 8.81. The number of aryl methyl sites for hydroxylation is 2. The van der Waals surface area contributed by atoms with Gasteiger partial charge >= 0.3 is 0 Å². The van der Waals surface area contributed by atoms with E-state index in [0.29, 0.717) is 11.4 Å². The Hall–Kier alpha value is -1.73. The molecule has 0 aliphatic carbocycles. The summed E-state index contributed by atoms with van der Waals surface area (Å²) in [6, 6.07) is 4.99. The lowest BCUT2D eigenvalue weighted by Crippen LogP contribution is -2.17. The molecule has 19 heavy (non-hydrogen) atoms. The minimum absolute atomic E-state index is 0.0663. The van der Waals surface area contributed by atoms with Crippen molar-refractivity contribution in [2.75, 3.05) is 10.5 Å². The molecule has 0 radical (unpaired) electrons. The lowest BCUT2D eigenvalue weighted by molar-refractivity contribution is 0.582. The van der Waals surface area contributed by atoms with Crippen LogP contribution in [0.25, 0.3) is 0 Å². The van der Waals surface area contributed by atoms with Crippen molar-refractivity contribution in [2.45, 2.75) is 11.9 Å². The first-order valence-electron chi connectivity index (χ1n) is 5.37. The third-order valence-corrected chi connectivity index (χ3v) is 4.47. The minimum atomic E-state index is -3.81. The van der Waals surface area contributed by atoms with Crippen molar-refractivity contribution in [1.29, 1.82) is 0 Å². The molecule has 102 valence electrons. The average molecular weight is 301 g/mol. The monoisotopic (exact) mass is 300 g/mol. The Bertz CT molecular complexity index is 705. The van der Waals surface area contributed by atoms with Crippen LogP contribution in [0.4, 0.5) is 11.4 Å². The lowest BCUT2D eigenvalue weighted by atomic mass is 10.2. The number of sulfonamides is 1. The highest BCUT2D eigenvalue weighted by atomic mass is 35.5. The molecule has 0 aliphatic rings. The number of hydrogen-bond donors (Lipinski definition) is 2. The molecular weight excluding hydrogens is 288 g/mol. The summed E-state index contributed by atoms with van der Waals surface area (Å²) in [6.07, 6.45) is 1.28. The van der Waals surface area contributed by atoms with Gasteiger partial charge in [0, 0.05) is 12.7 Å². The SMILES string of the molecule is Cc1ccc(N)cc1NS(=O)(=O)c1c(Cl)cnn1C. The van der Waals surface area contributed by atoms with E-state index in [1.807, 2.05) is 0 Å². The van der Waals surface area contributed by atoms with Gasteiger partial charge in [-0.25, -0.2) is 0 Å². The zero-order valence-corrected chi connectivity index (χ0v) is 12.0. The summed E-state index contributed by atoms with van der Waals surface area (Å²) in [5.74, 6) is 0. The molecule has 0 aliphatic heterocycles. The average Bonchev–Trinajstić information content (AvgIpc) is 2.64. The van der Waals surface area contributed by atoms with Crippen LogP contribution in [0.1, 0.15) is 5.56 Å². The third-order valence-electron chi connectivity index (χ3n) is 2.60. The summed E-state index contributed by atoms with van der Waals surface area (Å²) in [6.45, 7) is 1.78. The molecule has 0 fully saturated rings. The van der Waals surface area contributed by atoms with Crippen molar-refractivity contribution in [2.24, 2.45) is 7.05 Å². The Labute approximate surface area is 116 Å². The van der Waals surface area contributed by atoms with Gasteiger partial charge < -0.3 is 5.73 Å². The molecule has 1 aromatic carbocycles. The molecule has 1 heterocycles. The molecule has 0 saturated heterocycles. The van der Waals surface area contributed by atoms with Gasteiger partial charge in [0.25, 0.3) is 10.0 Å². The molecule has 3 N–H and O–H groups in total. The van der Waals surface area contributed by atoms with E-state index >= 15 is 0 Å². The maximum atomic E-state index is 12.3. The number of hydrogen-bond acceptors (Lipinski definition) is 4. The number of nitrogens with zero attached hydrogens (tertiary/aromatic N) is 2. The molecule has 2 aromatic rings. The zero-order valence-electron chi connectivity index (χ0n) is 10.4. The fraction of sp³-hybridized carbons (Fsp3) is 0.182. The molecule has 0 bridgehead atoms. The van der Waals surface area contributed by atoms with Crippen LogP contribution in [0.5, 0.6) is 0 Å². The topological polar surface area (TPSA) is 90.0 Å². The first kappa shape index (κ1) is 13.7. The third kappa shape index (κ3) is 2.66. The van der Waals surface area contributed by atoms with Gasteiger partial charge in [0.2, 0.25) is 0 Å². The standard InChI is InChI=1S/C11H13ClN4O2S/c1-7-3-4-8(13)5-10(7)15-19(17,18)11-9(12)6-14-16(11)2/h3-6,15H,13H2,1-2H3. The molecule has 0 amide bonds. The van der Waals surface area contributed by atoms with Crippen LogP contribution in [0.2, 0.25) is 5.02 Å². The van der Waals surface area contributed by atoms with Crippen LogP contribution in [0, 0.1) is 6.92 Å². The van der Waals surface area contributed by atoms with Crippen molar-refractivity contribution in [3.05, 3.63) is 35.0 Å². The number of rotatable bonds is 3. The van der Waals surface area contributed by atoms with E-state index in [9.17, 15) is 8.42 Å². The summed E-state index contributed by atoms with van der Waals surface area (Å²) < 4.78 is 28.2. The number of halogens is 1. The second-order valence-corrected chi connectivity index (χ2v) is 6.11. The maximum absolute atomic E-state index is 12.3. The predicted octanol–water partition coefficient (Wildman–Crippen LogP) is 1.76. The summed E-state index contributed by atoms with van der Waals surface area (Å²) in [5, 5.41) is 3.78. The van der Waals surface area contributed by atoms with Crippen LogP contribution >= 0.6 is 11.6 Å². The largest absolute Gasteiger partial charge is 0.399 e. The minimum Gasteiger partial charge on any atom is -0.399 e. The van der Waals surface area contributed by atoms with E-state index in [4.69, 9.17) is 17.3 Å². The molecule has 0 atom stereocenters. The Morgan fingerprint density at radius 2 is 2.11 bits per heavy atom. The summed E-state index contributed by atoms with van der Waals surface area (Å²) in [4.78, 5) is 0. The Balaban J connectivity index is 2.45. The quantitative estimate of drug-likeness (QED) is 0.845. The molecular formula is C11H13ClN4O2S. The van der Waals surface area contributed by atoms with Crippen LogP contribution in [-0.4, -0.2) is 18.2 Å². The first-order valence-corrected chi connectivity index (χ1v) is 7.24. The van der Waals surface area contributed by atoms with Gasteiger partial charge in [0.05, 0.1) is 16.9 Å². The van der Waals surface area contributed by atoms with Gasteiger partial charge in [0.15, 0.2) is 5.03 Å². The highest BCUT2D eigenvalue weighted by molar-refractivity contribution is 7.92. The van der Waals surface area contributed by atoms with Gasteiger partial charge in [-0.1, -0.05) is 17.7 Å². The second kappa shape index (κ2) is 4.75. The fourth-order valence-corrected chi connectivity index (χ4v) is 3.43. The number of nitrogens with one attached hydrogen (secondary N) is 1. The van der Waals surface area contributed by atoms with Crippen molar-refractivity contribution >= 4 is 33.0 Å². The molecule has 6 nitrogen and oxygen atoms in total. The van der Waals surface area contributed by atoms with Crippen LogP contribution in [0.15, 0.2) is 29.4 Å². The molecule has 0 spiro atoms. The predicted molar refractivity (Wildman–Crippen MR) is 74.6 cm³/mol. The number of nitrogens with two attached hydrogens (primary N) is 1. The van der Waals surface area contributed by atoms with Gasteiger partial charge in [0.1, 0.15) is 0 Å². The Morgan fingerprint density at radius 3 is 2.68 bits per heavy atom. The van der Waals surface area contributed by atoms with E-state index < -0.39 is 10.0 Å². The van der Waals surface area contributed by atoms with Gasteiger partial charge in [-0.3, -0.25) is 9.40 Å². The van der Waals surface area contributed by atoms with Crippen molar-refractivity contribution in [3.63, 3.8) is 0 Å². The van der Waals surface area contributed by atoms with Gasteiger partial charge in [-0.2, -0.15) is 13.5 Å². The number of anilines is 2. The Kier molecular flexibility index (Phi) is 3.42. The Morgan fingerprint density at radius 1 is 1.42 bits per heavy atom. The number of nitrogen functional groups attached to an aromatic ring is 1. The van der Waals surface area contributed by atoms with Gasteiger partial charge in [-0.05, 0) is 24.6 Å². The lowest BCUT2D eigenvalue weighted by Gasteiger charge is -2.11. The van der Waals surface area contributed by atoms with Gasteiger partial charge in [-0.15, -0.1) is 0 Å². The van der Waals surface area contributed by atoms with E-state index in [2.05, 4.69) is 9.82 Å². The summed E-state index contributed by atoms with van der Waals surface area (Å²) >= 11 is 5.84. The van der Waals surface area contributed by atoms with E-state index in [1.165, 1.54) is 17.9 Å². The van der Waals surface area contributed by atoms with Crippen molar-refractivity contribution < 1.29 is 8.42 Å². The van der Waals surface area contributed by atoms with E-state index in [-0.39, 0.29) is 10.0 Å². The summed E-state index contributed by atoms with van der Waals surface area (Å²) in [5.41, 5.74) is 7.29. The van der Waals surface area contributed by atoms with Crippen molar-refractivity contribution in [1.82, 2.24) is 9.78 Å². The smallest absolute Gasteiger partial charge is 0.280 e. The maximum Gasteiger partial charge on any atom is 0.280 e. The molecule has 8 heteroatoms. The van der Waals surface area contributed by atoms with Crippen LogP contribution in [-0.2, 0) is 17.1 Å². The molecule has 0 unspecified atom stereocenters. The molecule has 0 saturated carbocycles. The van der Waals surface area contributed by atoms with E-state index in [0.717, 1.165) is 5.56 Å². The van der Waals surface area contributed by atoms with Crippen LogP contribution < -0.4 is 10.5 Å². The zero-order chi connectivity index (χ0) is 14.2. The number of benzene rings is 1. The fourth-order valence-electron chi connectivity index (χ4n) is 1.64. The van der Waals surface area contributed by atoms with E-state index in [1.54, 1.807) is 25.1 Å². The summed E-state index contributed by atoms with van der Waals surface area (Å²) in [7, 11) is -2.30. The number of aromatic nitrogens is 2. The highest BCUT2D eigenvalue weighted by Crippen LogP contribution is 2.25. The second-order valence-electron chi connectivity index (χ2n) is 4.10. The molecule has 1 aromatic heterocycles. The molecule has 2 rings (SSSR count). The van der Waals surface area contributed by atoms with Crippen molar-refractivity contribution in [3.8, 4) is 0 Å². The van der Waals surface area contributed by atoms with Crippen LogP contribution in [0.3, 0.4) is 0 Å². The normalized spacial score (nSPS) is 11.5.